The van der Waals surface area contributed by atoms with E-state index in [0.717, 1.165) is 5.56 Å². The van der Waals surface area contributed by atoms with Gasteiger partial charge in [0, 0.05) is 5.56 Å². The van der Waals surface area contributed by atoms with Crippen molar-refractivity contribution < 1.29 is 4.79 Å². The van der Waals surface area contributed by atoms with Crippen LogP contribution in [0.2, 0.25) is 5.02 Å². The van der Waals surface area contributed by atoms with Crippen LogP contribution in [-0.2, 0) is 4.79 Å². The SMILES string of the molecule is NCC(=O)Nc1nnc(-c2ccccc2Cl)s1. The minimum absolute atomic E-state index is 0.0823. The molecule has 17 heavy (non-hydrogen) atoms. The molecule has 0 spiro atoms. The number of carbonyl (C=O) groups is 1. The highest BCUT2D eigenvalue weighted by Gasteiger charge is 2.10. The Labute approximate surface area is 107 Å². The number of amides is 1. The largest absolute Gasteiger partial charge is 0.322 e. The molecule has 0 bridgehead atoms. The van der Waals surface area contributed by atoms with E-state index in [1.54, 1.807) is 6.07 Å². The second kappa shape index (κ2) is 5.22. The van der Waals surface area contributed by atoms with Crippen molar-refractivity contribution in [1.29, 1.82) is 0 Å². The minimum Gasteiger partial charge on any atom is -0.322 e. The molecule has 5 nitrogen and oxygen atoms in total. The average Bonchev–Trinajstić information content (AvgIpc) is 2.78. The van der Waals surface area contributed by atoms with E-state index in [4.69, 9.17) is 17.3 Å². The normalized spacial score (nSPS) is 10.2. The van der Waals surface area contributed by atoms with Gasteiger partial charge in [0.25, 0.3) is 0 Å². The molecule has 0 atom stereocenters. The number of hydrogen-bond acceptors (Lipinski definition) is 5. The number of anilines is 1. The van der Waals surface area contributed by atoms with Gasteiger partial charge in [-0.2, -0.15) is 0 Å². The van der Waals surface area contributed by atoms with Crippen molar-refractivity contribution in [3.8, 4) is 10.6 Å². The Hall–Kier alpha value is -1.50. The molecule has 2 rings (SSSR count). The molecule has 1 amide bonds. The maximum atomic E-state index is 11.1. The first-order valence-electron chi connectivity index (χ1n) is 4.79. The van der Waals surface area contributed by atoms with E-state index in [-0.39, 0.29) is 12.5 Å². The van der Waals surface area contributed by atoms with Crippen molar-refractivity contribution in [2.75, 3.05) is 11.9 Å². The molecule has 0 fully saturated rings. The summed E-state index contributed by atoms with van der Waals surface area (Å²) in [6, 6.07) is 7.32. The predicted molar refractivity (Wildman–Crippen MR) is 68.0 cm³/mol. The summed E-state index contributed by atoms with van der Waals surface area (Å²) in [7, 11) is 0. The van der Waals surface area contributed by atoms with Gasteiger partial charge in [-0.05, 0) is 6.07 Å². The van der Waals surface area contributed by atoms with E-state index in [1.807, 2.05) is 18.2 Å². The van der Waals surface area contributed by atoms with Crippen molar-refractivity contribution in [2.45, 2.75) is 0 Å². The van der Waals surface area contributed by atoms with Gasteiger partial charge in [-0.3, -0.25) is 10.1 Å². The number of nitrogens with two attached hydrogens (primary N) is 1. The molecule has 0 aliphatic rings. The monoisotopic (exact) mass is 268 g/mol. The molecular weight excluding hydrogens is 260 g/mol. The maximum absolute atomic E-state index is 11.1. The molecule has 2 aromatic rings. The first-order valence-corrected chi connectivity index (χ1v) is 5.98. The zero-order chi connectivity index (χ0) is 12.3. The Morgan fingerprint density at radius 1 is 1.41 bits per heavy atom. The lowest BCUT2D eigenvalue weighted by Crippen LogP contribution is -2.21. The second-order valence-corrected chi connectivity index (χ2v) is 4.53. The summed E-state index contributed by atoms with van der Waals surface area (Å²) in [5, 5.41) is 12.0. The molecule has 7 heteroatoms. The molecule has 1 aromatic heterocycles. The molecule has 0 saturated heterocycles. The van der Waals surface area contributed by atoms with Crippen molar-refractivity contribution in [3.05, 3.63) is 29.3 Å². The molecular formula is C10H9ClN4OS. The first-order chi connectivity index (χ1) is 8.20. The van der Waals surface area contributed by atoms with E-state index in [9.17, 15) is 4.79 Å². The van der Waals surface area contributed by atoms with Gasteiger partial charge in [-0.15, -0.1) is 10.2 Å². The Morgan fingerprint density at radius 2 is 2.18 bits per heavy atom. The summed E-state index contributed by atoms with van der Waals surface area (Å²) in [5.41, 5.74) is 5.98. The van der Waals surface area contributed by atoms with Crippen molar-refractivity contribution in [2.24, 2.45) is 5.73 Å². The number of rotatable bonds is 3. The lowest BCUT2D eigenvalue weighted by atomic mass is 10.2. The second-order valence-electron chi connectivity index (χ2n) is 3.14. The van der Waals surface area contributed by atoms with Crippen molar-refractivity contribution in [3.63, 3.8) is 0 Å². The third-order valence-corrected chi connectivity index (χ3v) is 3.16. The standard InChI is InChI=1S/C10H9ClN4OS/c11-7-4-2-1-3-6(7)9-14-15-10(17-9)13-8(16)5-12/h1-4H,5,12H2,(H,13,15,16). The van der Waals surface area contributed by atoms with Gasteiger partial charge in [0.05, 0.1) is 11.6 Å². The van der Waals surface area contributed by atoms with E-state index < -0.39 is 0 Å². The highest BCUT2D eigenvalue weighted by Crippen LogP contribution is 2.31. The van der Waals surface area contributed by atoms with Gasteiger partial charge in [0.15, 0.2) is 5.01 Å². The number of halogens is 1. The average molecular weight is 269 g/mol. The van der Waals surface area contributed by atoms with Gasteiger partial charge in [-0.25, -0.2) is 0 Å². The summed E-state index contributed by atoms with van der Waals surface area (Å²) < 4.78 is 0. The molecule has 1 aromatic carbocycles. The zero-order valence-electron chi connectivity index (χ0n) is 8.68. The van der Waals surface area contributed by atoms with E-state index in [2.05, 4.69) is 15.5 Å². The number of hydrogen-bond donors (Lipinski definition) is 2. The van der Waals surface area contributed by atoms with Gasteiger partial charge in [0.1, 0.15) is 0 Å². The van der Waals surface area contributed by atoms with Gasteiger partial charge in [-0.1, -0.05) is 41.1 Å². The quantitative estimate of drug-likeness (QED) is 0.889. The van der Waals surface area contributed by atoms with Crippen LogP contribution in [0.3, 0.4) is 0 Å². The fraction of sp³-hybridized carbons (Fsp3) is 0.100. The van der Waals surface area contributed by atoms with E-state index in [1.165, 1.54) is 11.3 Å². The Kier molecular flexibility index (Phi) is 3.68. The zero-order valence-corrected chi connectivity index (χ0v) is 10.3. The third-order valence-electron chi connectivity index (χ3n) is 1.96. The number of nitrogens with one attached hydrogen (secondary N) is 1. The number of nitrogens with zero attached hydrogens (tertiary/aromatic N) is 2. The van der Waals surface area contributed by atoms with Gasteiger partial charge >= 0.3 is 0 Å². The summed E-state index contributed by atoms with van der Waals surface area (Å²) in [6.45, 7) is -0.0823. The molecule has 0 saturated carbocycles. The Balaban J connectivity index is 2.24. The summed E-state index contributed by atoms with van der Waals surface area (Å²) in [6.07, 6.45) is 0. The molecule has 0 radical (unpaired) electrons. The van der Waals surface area contributed by atoms with Crippen LogP contribution in [-0.4, -0.2) is 22.6 Å². The lowest BCUT2D eigenvalue weighted by Gasteiger charge is -1.97. The fourth-order valence-corrected chi connectivity index (χ4v) is 2.27. The van der Waals surface area contributed by atoms with Crippen LogP contribution in [0.5, 0.6) is 0 Å². The van der Waals surface area contributed by atoms with Crippen LogP contribution in [0.4, 0.5) is 5.13 Å². The smallest absolute Gasteiger partial charge is 0.239 e. The van der Waals surface area contributed by atoms with Gasteiger partial charge < -0.3 is 5.73 Å². The summed E-state index contributed by atoms with van der Waals surface area (Å²) in [4.78, 5) is 11.1. The van der Waals surface area contributed by atoms with Crippen LogP contribution in [0.15, 0.2) is 24.3 Å². The molecule has 0 unspecified atom stereocenters. The topological polar surface area (TPSA) is 80.9 Å². The van der Waals surface area contributed by atoms with Crippen LogP contribution < -0.4 is 11.1 Å². The molecule has 0 aliphatic heterocycles. The highest BCUT2D eigenvalue weighted by molar-refractivity contribution is 7.18. The molecule has 1 heterocycles. The summed E-state index contributed by atoms with van der Waals surface area (Å²) >= 11 is 7.28. The van der Waals surface area contributed by atoms with Crippen LogP contribution in [0.25, 0.3) is 10.6 Å². The molecule has 3 N–H and O–H groups in total. The third kappa shape index (κ3) is 2.79. The fourth-order valence-electron chi connectivity index (χ4n) is 1.19. The predicted octanol–water partition coefficient (Wildman–Crippen LogP) is 1.76. The first kappa shape index (κ1) is 12.0. The lowest BCUT2D eigenvalue weighted by molar-refractivity contribution is -0.114. The maximum Gasteiger partial charge on any atom is 0.239 e. The van der Waals surface area contributed by atoms with E-state index in [0.29, 0.717) is 15.2 Å². The number of aromatic nitrogens is 2. The summed E-state index contributed by atoms with van der Waals surface area (Å²) in [5.74, 6) is -0.299. The number of benzene rings is 1. The van der Waals surface area contributed by atoms with Crippen LogP contribution >= 0.6 is 22.9 Å². The van der Waals surface area contributed by atoms with Crippen molar-refractivity contribution >= 4 is 34.0 Å². The Morgan fingerprint density at radius 3 is 2.88 bits per heavy atom. The highest BCUT2D eigenvalue weighted by atomic mass is 35.5. The van der Waals surface area contributed by atoms with E-state index >= 15 is 0 Å². The number of carbonyl (C=O) groups excluding carboxylic acids is 1. The van der Waals surface area contributed by atoms with Crippen LogP contribution in [0, 0.1) is 0 Å². The molecule has 88 valence electrons. The molecule has 0 aliphatic carbocycles. The van der Waals surface area contributed by atoms with Gasteiger partial charge in [0.2, 0.25) is 11.0 Å². The Bertz CT molecular complexity index is 543. The minimum atomic E-state index is -0.299. The van der Waals surface area contributed by atoms with Crippen LogP contribution in [0.1, 0.15) is 0 Å². The van der Waals surface area contributed by atoms with Crippen molar-refractivity contribution in [1.82, 2.24) is 10.2 Å².